The Bertz CT molecular complexity index is 831. The highest BCUT2D eigenvalue weighted by atomic mass is 31.2. The molecular formula is C19H30FN4O5P. The van der Waals surface area contributed by atoms with Crippen molar-refractivity contribution in [3.8, 4) is 0 Å². The molecule has 2 rings (SSSR count). The lowest BCUT2D eigenvalue weighted by atomic mass is 10.0. The van der Waals surface area contributed by atoms with E-state index in [4.69, 9.17) is 20.4 Å². The standard InChI is InChI=1S/C19H30FN4O5P/c1-7-14-17(15(20)16(28-14)13-10-22-19(26)23-18(13)25)29-30(27-9-8-21-6)24(11(2)3)12(4)5/h10-12,14-17H,7-9H2,1-5H3,(H2,22,23,25,26)/t14-,15?,16+,17+,30?/m1/s1. The van der Waals surface area contributed by atoms with E-state index in [-0.39, 0.29) is 30.8 Å². The first kappa shape index (κ1) is 24.6. The third-order valence-corrected chi connectivity index (χ3v) is 6.84. The summed E-state index contributed by atoms with van der Waals surface area (Å²) in [6.07, 6.45) is -2.68. The van der Waals surface area contributed by atoms with Gasteiger partial charge < -0.3 is 23.6 Å². The van der Waals surface area contributed by atoms with Crippen LogP contribution in [0.15, 0.2) is 15.8 Å². The SMILES string of the molecule is [C-]#[N+]CCOP(O[C@@H]1C(F)[C@H](c2c[nH]c(=O)[nH]c2=O)O[C@@H]1CC)N(C(C)C)C(C)C. The zero-order chi connectivity index (χ0) is 22.4. The fraction of sp³-hybridized carbons (Fsp3) is 0.737. The van der Waals surface area contributed by atoms with E-state index in [1.165, 1.54) is 6.20 Å². The Morgan fingerprint density at radius 3 is 2.53 bits per heavy atom. The molecule has 1 aromatic heterocycles. The average Bonchev–Trinajstić information content (AvgIpc) is 2.97. The van der Waals surface area contributed by atoms with Crippen molar-refractivity contribution >= 4 is 8.53 Å². The smallest absolute Gasteiger partial charge is 0.325 e. The number of H-pyrrole nitrogens is 2. The molecule has 11 heteroatoms. The molecule has 2 unspecified atom stereocenters. The molecule has 0 saturated carbocycles. The summed E-state index contributed by atoms with van der Waals surface area (Å²) in [4.78, 5) is 31.2. The molecule has 1 aliphatic heterocycles. The van der Waals surface area contributed by atoms with Crippen LogP contribution in [0, 0.1) is 6.57 Å². The normalized spacial score (nSPS) is 25.2. The zero-order valence-corrected chi connectivity index (χ0v) is 18.8. The lowest BCUT2D eigenvalue weighted by Crippen LogP contribution is -2.38. The number of ether oxygens (including phenoxy) is 1. The summed E-state index contributed by atoms with van der Waals surface area (Å²) in [5.74, 6) is 0. The lowest BCUT2D eigenvalue weighted by molar-refractivity contribution is 0.00844. The fourth-order valence-electron chi connectivity index (χ4n) is 3.44. The van der Waals surface area contributed by atoms with Crippen LogP contribution in [-0.2, 0) is 13.8 Å². The maximum Gasteiger partial charge on any atom is 0.325 e. The molecule has 1 aromatic rings. The number of nitrogens with zero attached hydrogens (tertiary/aromatic N) is 2. The summed E-state index contributed by atoms with van der Waals surface area (Å²) < 4.78 is 35.3. The largest absolute Gasteiger partial charge is 0.364 e. The Morgan fingerprint density at radius 2 is 2.00 bits per heavy atom. The second kappa shape index (κ2) is 11.1. The quantitative estimate of drug-likeness (QED) is 0.327. The van der Waals surface area contributed by atoms with Gasteiger partial charge in [-0.2, -0.15) is 0 Å². The molecule has 2 heterocycles. The van der Waals surface area contributed by atoms with Gasteiger partial charge in [-0.1, -0.05) is 6.92 Å². The number of hydrogen-bond acceptors (Lipinski definition) is 6. The lowest BCUT2D eigenvalue weighted by Gasteiger charge is -2.37. The molecule has 168 valence electrons. The van der Waals surface area contributed by atoms with Crippen molar-refractivity contribution < 1.29 is 18.2 Å². The van der Waals surface area contributed by atoms with E-state index >= 15 is 4.39 Å². The minimum absolute atomic E-state index is 0.00878. The maximum absolute atomic E-state index is 15.5. The molecule has 0 aromatic carbocycles. The van der Waals surface area contributed by atoms with E-state index in [1.807, 2.05) is 39.3 Å². The number of aromatic amines is 2. The van der Waals surface area contributed by atoms with E-state index in [2.05, 4.69) is 14.8 Å². The van der Waals surface area contributed by atoms with Crippen LogP contribution in [0.2, 0.25) is 0 Å². The van der Waals surface area contributed by atoms with Gasteiger partial charge in [0, 0.05) is 18.3 Å². The molecule has 9 nitrogen and oxygen atoms in total. The molecule has 0 amide bonds. The van der Waals surface area contributed by atoms with E-state index in [9.17, 15) is 9.59 Å². The van der Waals surface area contributed by atoms with Crippen molar-refractivity contribution in [3.05, 3.63) is 44.0 Å². The molecule has 1 fully saturated rings. The van der Waals surface area contributed by atoms with E-state index in [0.717, 1.165) is 0 Å². The number of aromatic nitrogens is 2. The van der Waals surface area contributed by atoms with Crippen LogP contribution in [0.5, 0.6) is 0 Å². The zero-order valence-electron chi connectivity index (χ0n) is 17.9. The van der Waals surface area contributed by atoms with Crippen molar-refractivity contribution in [1.82, 2.24) is 14.6 Å². The third kappa shape index (κ3) is 5.74. The van der Waals surface area contributed by atoms with Crippen LogP contribution in [0.3, 0.4) is 0 Å². The molecule has 0 aliphatic carbocycles. The minimum Gasteiger partial charge on any atom is -0.364 e. The highest BCUT2D eigenvalue weighted by Crippen LogP contribution is 2.51. The molecular weight excluding hydrogens is 414 g/mol. The second-order valence-corrected chi connectivity index (χ2v) is 8.97. The molecule has 2 N–H and O–H groups in total. The summed E-state index contributed by atoms with van der Waals surface area (Å²) >= 11 is 0. The molecule has 0 spiro atoms. The van der Waals surface area contributed by atoms with Gasteiger partial charge in [-0.3, -0.25) is 9.78 Å². The van der Waals surface area contributed by atoms with Gasteiger partial charge in [-0.15, -0.1) is 0 Å². The summed E-state index contributed by atoms with van der Waals surface area (Å²) in [5, 5.41) is 0. The number of hydrogen-bond donors (Lipinski definition) is 2. The Hall–Kier alpha value is -1.63. The van der Waals surface area contributed by atoms with Gasteiger partial charge in [0.2, 0.25) is 6.54 Å². The molecule has 1 aliphatic rings. The maximum atomic E-state index is 15.5. The molecule has 0 bridgehead atoms. The van der Waals surface area contributed by atoms with Gasteiger partial charge in [-0.05, 0) is 34.1 Å². The topological polar surface area (TPSA) is 101 Å². The van der Waals surface area contributed by atoms with Gasteiger partial charge in [0.05, 0.1) is 11.7 Å². The monoisotopic (exact) mass is 444 g/mol. The van der Waals surface area contributed by atoms with Gasteiger partial charge in [0.1, 0.15) is 18.8 Å². The summed E-state index contributed by atoms with van der Waals surface area (Å²) in [5.41, 5.74) is -1.35. The van der Waals surface area contributed by atoms with E-state index < -0.39 is 44.3 Å². The summed E-state index contributed by atoms with van der Waals surface area (Å²) in [7, 11) is -1.66. The van der Waals surface area contributed by atoms with Gasteiger partial charge >= 0.3 is 5.69 Å². The van der Waals surface area contributed by atoms with Crippen LogP contribution < -0.4 is 11.2 Å². The highest BCUT2D eigenvalue weighted by Gasteiger charge is 2.49. The Morgan fingerprint density at radius 1 is 1.33 bits per heavy atom. The molecule has 5 atom stereocenters. The van der Waals surface area contributed by atoms with Gasteiger partial charge in [0.15, 0.2) is 6.17 Å². The Labute approximate surface area is 176 Å². The Kier molecular flexibility index (Phi) is 9.13. The van der Waals surface area contributed by atoms with Crippen molar-refractivity contribution in [3.63, 3.8) is 0 Å². The number of alkyl halides is 1. The first-order chi connectivity index (χ1) is 14.2. The Balaban J connectivity index is 2.29. The van der Waals surface area contributed by atoms with Crippen molar-refractivity contribution in [2.45, 2.75) is 77.6 Å². The fourth-order valence-corrected chi connectivity index (χ4v) is 5.20. The van der Waals surface area contributed by atoms with Crippen LogP contribution in [0.4, 0.5) is 4.39 Å². The predicted octanol–water partition coefficient (Wildman–Crippen LogP) is 2.92. The van der Waals surface area contributed by atoms with Gasteiger partial charge in [0.25, 0.3) is 14.1 Å². The minimum atomic E-state index is -1.66. The van der Waals surface area contributed by atoms with Crippen LogP contribution in [0.1, 0.15) is 52.7 Å². The average molecular weight is 444 g/mol. The van der Waals surface area contributed by atoms with E-state index in [0.29, 0.717) is 6.42 Å². The first-order valence-electron chi connectivity index (χ1n) is 10.0. The number of nitrogens with one attached hydrogen (secondary N) is 2. The van der Waals surface area contributed by atoms with Crippen molar-refractivity contribution in [2.75, 3.05) is 13.2 Å². The molecule has 0 radical (unpaired) electrons. The predicted molar refractivity (Wildman–Crippen MR) is 112 cm³/mol. The first-order valence-corrected chi connectivity index (χ1v) is 11.2. The summed E-state index contributed by atoms with van der Waals surface area (Å²) in [6, 6.07) is 0.143. The second-order valence-electron chi connectivity index (χ2n) is 7.57. The number of halogens is 1. The third-order valence-electron chi connectivity index (χ3n) is 4.71. The van der Waals surface area contributed by atoms with Crippen molar-refractivity contribution in [1.29, 1.82) is 0 Å². The van der Waals surface area contributed by atoms with Crippen molar-refractivity contribution in [2.24, 2.45) is 0 Å². The molecule has 30 heavy (non-hydrogen) atoms. The summed E-state index contributed by atoms with van der Waals surface area (Å²) in [6.45, 7) is 17.1. The van der Waals surface area contributed by atoms with Gasteiger partial charge in [-0.25, -0.2) is 20.4 Å². The highest BCUT2D eigenvalue weighted by molar-refractivity contribution is 7.44. The van der Waals surface area contributed by atoms with E-state index in [1.54, 1.807) is 0 Å². The number of rotatable bonds is 10. The van der Waals surface area contributed by atoms with Crippen LogP contribution in [-0.4, -0.2) is 58.3 Å². The van der Waals surface area contributed by atoms with Crippen LogP contribution in [0.25, 0.3) is 4.85 Å². The molecule has 1 saturated heterocycles. The van der Waals surface area contributed by atoms with Crippen LogP contribution >= 0.6 is 8.53 Å².